The van der Waals surface area contributed by atoms with Crippen molar-refractivity contribution in [3.8, 4) is 0 Å². The molecular formula is C10H12N6O2S2. The number of nitrogens with one attached hydrogen (secondary N) is 1. The SMILES string of the molecule is Cn1nnnc1SCC(=O)Nc1nc2c(s1)COCC2. The minimum atomic E-state index is -0.120. The molecule has 1 amide bonds. The average molecular weight is 312 g/mol. The van der Waals surface area contributed by atoms with E-state index in [0.29, 0.717) is 23.5 Å². The summed E-state index contributed by atoms with van der Waals surface area (Å²) in [5, 5.41) is 15.0. The lowest BCUT2D eigenvalue weighted by Gasteiger charge is -2.08. The predicted octanol–water partition coefficient (Wildman–Crippen LogP) is 0.470. The molecule has 0 spiro atoms. The number of tetrazole rings is 1. The lowest BCUT2D eigenvalue weighted by molar-refractivity contribution is -0.113. The van der Waals surface area contributed by atoms with Crippen LogP contribution in [-0.4, -0.2) is 43.5 Å². The van der Waals surface area contributed by atoms with E-state index in [1.807, 2.05) is 0 Å². The van der Waals surface area contributed by atoms with Gasteiger partial charge in [0.05, 0.1) is 29.5 Å². The van der Waals surface area contributed by atoms with Crippen LogP contribution in [0.1, 0.15) is 10.6 Å². The molecule has 0 fully saturated rings. The van der Waals surface area contributed by atoms with Crippen molar-refractivity contribution < 1.29 is 9.53 Å². The molecule has 0 aromatic carbocycles. The molecule has 2 aromatic rings. The van der Waals surface area contributed by atoms with Gasteiger partial charge in [-0.15, -0.1) is 5.10 Å². The summed E-state index contributed by atoms with van der Waals surface area (Å²) in [5.74, 6) is 0.125. The van der Waals surface area contributed by atoms with Gasteiger partial charge in [-0.05, 0) is 10.4 Å². The van der Waals surface area contributed by atoms with Crippen molar-refractivity contribution in [3.05, 3.63) is 10.6 Å². The first-order chi connectivity index (χ1) is 9.72. The smallest absolute Gasteiger partial charge is 0.236 e. The molecule has 10 heteroatoms. The van der Waals surface area contributed by atoms with Crippen molar-refractivity contribution >= 4 is 34.1 Å². The van der Waals surface area contributed by atoms with Gasteiger partial charge in [0.2, 0.25) is 11.1 Å². The second-order valence-electron chi connectivity index (χ2n) is 4.11. The number of fused-ring (bicyclic) bond motifs is 1. The largest absolute Gasteiger partial charge is 0.375 e. The molecular weight excluding hydrogens is 300 g/mol. The molecule has 8 nitrogen and oxygen atoms in total. The summed E-state index contributed by atoms with van der Waals surface area (Å²) in [5.41, 5.74) is 1.03. The Labute approximate surface area is 122 Å². The van der Waals surface area contributed by atoms with Crippen molar-refractivity contribution in [1.29, 1.82) is 0 Å². The quantitative estimate of drug-likeness (QED) is 0.820. The van der Waals surface area contributed by atoms with Crippen molar-refractivity contribution in [2.75, 3.05) is 17.7 Å². The van der Waals surface area contributed by atoms with Gasteiger partial charge in [0, 0.05) is 13.5 Å². The summed E-state index contributed by atoms with van der Waals surface area (Å²) in [4.78, 5) is 17.4. The Morgan fingerprint density at radius 1 is 1.60 bits per heavy atom. The predicted molar refractivity (Wildman–Crippen MR) is 73.6 cm³/mol. The van der Waals surface area contributed by atoms with Crippen molar-refractivity contribution in [2.24, 2.45) is 7.05 Å². The van der Waals surface area contributed by atoms with E-state index in [0.717, 1.165) is 17.0 Å². The minimum absolute atomic E-state index is 0.120. The van der Waals surface area contributed by atoms with Crippen molar-refractivity contribution in [2.45, 2.75) is 18.2 Å². The van der Waals surface area contributed by atoms with E-state index in [2.05, 4.69) is 25.8 Å². The molecule has 0 bridgehead atoms. The van der Waals surface area contributed by atoms with Gasteiger partial charge in [0.15, 0.2) is 5.13 Å². The van der Waals surface area contributed by atoms with Crippen LogP contribution < -0.4 is 5.32 Å². The fourth-order valence-electron chi connectivity index (χ4n) is 1.71. The monoisotopic (exact) mass is 312 g/mol. The number of nitrogens with zero attached hydrogens (tertiary/aromatic N) is 5. The highest BCUT2D eigenvalue weighted by molar-refractivity contribution is 7.99. The summed E-state index contributed by atoms with van der Waals surface area (Å²) in [6, 6.07) is 0. The van der Waals surface area contributed by atoms with Gasteiger partial charge in [-0.2, -0.15) is 0 Å². The third kappa shape index (κ3) is 2.97. The molecule has 0 atom stereocenters. The molecule has 1 aliphatic heterocycles. The molecule has 0 radical (unpaired) electrons. The number of anilines is 1. The van der Waals surface area contributed by atoms with E-state index in [4.69, 9.17) is 4.74 Å². The van der Waals surface area contributed by atoms with Crippen molar-refractivity contribution in [1.82, 2.24) is 25.2 Å². The second kappa shape index (κ2) is 5.85. The molecule has 20 heavy (non-hydrogen) atoms. The van der Waals surface area contributed by atoms with Crippen molar-refractivity contribution in [3.63, 3.8) is 0 Å². The lowest BCUT2D eigenvalue weighted by atomic mass is 10.2. The third-order valence-corrected chi connectivity index (χ3v) is 4.65. The highest BCUT2D eigenvalue weighted by atomic mass is 32.2. The lowest BCUT2D eigenvalue weighted by Crippen LogP contribution is -2.14. The van der Waals surface area contributed by atoms with Crippen LogP contribution in [0.2, 0.25) is 0 Å². The number of carbonyl (C=O) groups is 1. The Kier molecular flexibility index (Phi) is 3.94. The minimum Gasteiger partial charge on any atom is -0.375 e. The standard InChI is InChI=1S/C10H12N6O2S2/c1-16-10(13-14-15-16)19-5-8(17)12-9-11-6-2-3-18-4-7(6)20-9/h2-5H2,1H3,(H,11,12,17). The number of aromatic nitrogens is 5. The summed E-state index contributed by atoms with van der Waals surface area (Å²) in [6.07, 6.45) is 0.807. The fraction of sp³-hybridized carbons (Fsp3) is 0.500. The zero-order chi connectivity index (χ0) is 13.9. The molecule has 0 unspecified atom stereocenters. The van der Waals surface area contributed by atoms with Crippen LogP contribution in [-0.2, 0) is 29.6 Å². The molecule has 1 N–H and O–H groups in total. The number of amides is 1. The molecule has 1 aliphatic rings. The van der Waals surface area contributed by atoms with Gasteiger partial charge < -0.3 is 10.1 Å². The van der Waals surface area contributed by atoms with E-state index in [-0.39, 0.29) is 11.7 Å². The van der Waals surface area contributed by atoms with Gasteiger partial charge in [0.1, 0.15) is 0 Å². The number of aryl methyl sites for hydroxylation is 1. The van der Waals surface area contributed by atoms with Crippen LogP contribution in [0.4, 0.5) is 5.13 Å². The van der Waals surface area contributed by atoms with E-state index >= 15 is 0 Å². The first kappa shape index (κ1) is 13.5. The summed E-state index contributed by atoms with van der Waals surface area (Å²) < 4.78 is 6.88. The third-order valence-electron chi connectivity index (χ3n) is 2.65. The maximum absolute atomic E-state index is 11.9. The molecule has 3 rings (SSSR count). The second-order valence-corrected chi connectivity index (χ2v) is 6.14. The molecule has 0 aliphatic carbocycles. The summed E-state index contributed by atoms with van der Waals surface area (Å²) in [6.45, 7) is 1.28. The van der Waals surface area contributed by atoms with Crippen LogP contribution in [0, 0.1) is 0 Å². The normalized spacial score (nSPS) is 14.1. The number of rotatable bonds is 4. The highest BCUT2D eigenvalue weighted by Gasteiger charge is 2.17. The van der Waals surface area contributed by atoms with E-state index in [1.54, 1.807) is 7.05 Å². The van der Waals surface area contributed by atoms with Crippen LogP contribution >= 0.6 is 23.1 Å². The first-order valence-corrected chi connectivity index (χ1v) is 7.74. The van der Waals surface area contributed by atoms with Gasteiger partial charge in [0.25, 0.3) is 0 Å². The van der Waals surface area contributed by atoms with E-state index < -0.39 is 0 Å². The number of carbonyl (C=O) groups excluding carboxylic acids is 1. The molecule has 0 saturated heterocycles. The van der Waals surface area contributed by atoms with Gasteiger partial charge in [-0.3, -0.25) is 4.79 Å². The fourth-order valence-corrected chi connectivity index (χ4v) is 3.32. The number of hydrogen-bond acceptors (Lipinski definition) is 8. The number of ether oxygens (including phenoxy) is 1. The highest BCUT2D eigenvalue weighted by Crippen LogP contribution is 2.27. The molecule has 3 heterocycles. The zero-order valence-corrected chi connectivity index (χ0v) is 12.3. The average Bonchev–Trinajstić information content (AvgIpc) is 3.01. The van der Waals surface area contributed by atoms with Crippen LogP contribution in [0.5, 0.6) is 0 Å². The Morgan fingerprint density at radius 2 is 2.50 bits per heavy atom. The first-order valence-electron chi connectivity index (χ1n) is 5.93. The number of thiazole rings is 1. The zero-order valence-electron chi connectivity index (χ0n) is 10.7. The summed E-state index contributed by atoms with van der Waals surface area (Å²) >= 11 is 2.75. The van der Waals surface area contributed by atoms with Gasteiger partial charge in [-0.1, -0.05) is 23.1 Å². The van der Waals surface area contributed by atoms with Crippen LogP contribution in [0.3, 0.4) is 0 Å². The Morgan fingerprint density at radius 3 is 3.25 bits per heavy atom. The Hall–Kier alpha value is -1.52. The molecule has 106 valence electrons. The van der Waals surface area contributed by atoms with Crippen LogP contribution in [0.25, 0.3) is 0 Å². The Balaban J connectivity index is 1.56. The van der Waals surface area contributed by atoms with Crippen LogP contribution in [0.15, 0.2) is 5.16 Å². The maximum Gasteiger partial charge on any atom is 0.236 e. The molecule has 2 aromatic heterocycles. The topological polar surface area (TPSA) is 94.8 Å². The summed E-state index contributed by atoms with van der Waals surface area (Å²) in [7, 11) is 1.73. The van der Waals surface area contributed by atoms with E-state index in [9.17, 15) is 4.79 Å². The molecule has 0 saturated carbocycles. The van der Waals surface area contributed by atoms with Gasteiger partial charge >= 0.3 is 0 Å². The maximum atomic E-state index is 11.9. The number of hydrogen-bond donors (Lipinski definition) is 1. The van der Waals surface area contributed by atoms with Gasteiger partial charge in [-0.25, -0.2) is 9.67 Å². The Bertz CT molecular complexity index is 602. The van der Waals surface area contributed by atoms with E-state index in [1.165, 1.54) is 27.8 Å². The number of thioether (sulfide) groups is 1.